The minimum absolute atomic E-state index is 0.622. The van der Waals surface area contributed by atoms with Gasteiger partial charge in [0.1, 0.15) is 5.82 Å². The first kappa shape index (κ1) is 11.9. The molecule has 2 heterocycles. The summed E-state index contributed by atoms with van der Waals surface area (Å²) < 4.78 is 2.34. The lowest BCUT2D eigenvalue weighted by Gasteiger charge is -2.08. The molecule has 5 heteroatoms. The third-order valence-electron chi connectivity index (χ3n) is 3.89. The van der Waals surface area contributed by atoms with Crippen LogP contribution in [-0.2, 0) is 6.54 Å². The molecule has 1 aliphatic rings. The average molecular weight is 284 g/mol. The quantitative estimate of drug-likeness (QED) is 0.751. The van der Waals surface area contributed by atoms with Gasteiger partial charge in [-0.05, 0) is 38.0 Å². The second-order valence-electron chi connectivity index (χ2n) is 5.44. The van der Waals surface area contributed by atoms with Gasteiger partial charge in [0.05, 0.1) is 28.8 Å². The number of nitrogens with zero attached hydrogens (tertiary/aromatic N) is 3. The molecular formula is C15H16N4S. The number of hydrogen-bond acceptors (Lipinski definition) is 4. The molecule has 0 bridgehead atoms. The lowest BCUT2D eigenvalue weighted by atomic mass is 10.2. The maximum Gasteiger partial charge on any atom is 0.113 e. The smallest absolute Gasteiger partial charge is 0.113 e. The van der Waals surface area contributed by atoms with Crippen LogP contribution in [0.1, 0.15) is 35.2 Å². The van der Waals surface area contributed by atoms with E-state index in [9.17, 15) is 0 Å². The molecule has 2 N–H and O–H groups in total. The fraction of sp³-hybridized carbons (Fsp3) is 0.333. The fourth-order valence-electron chi connectivity index (χ4n) is 2.61. The summed E-state index contributed by atoms with van der Waals surface area (Å²) >= 11 is 1.72. The van der Waals surface area contributed by atoms with Crippen LogP contribution < -0.4 is 5.73 Å². The zero-order chi connectivity index (χ0) is 13.7. The Bertz CT molecular complexity index is 782. The molecule has 0 unspecified atom stereocenters. The SMILES string of the molecule is Cc1ncsc1Cn1c(C2CC2)nc2cc(N)ccc21. The van der Waals surface area contributed by atoms with E-state index < -0.39 is 0 Å². The molecule has 20 heavy (non-hydrogen) atoms. The number of aromatic nitrogens is 3. The molecule has 102 valence electrons. The number of rotatable bonds is 3. The van der Waals surface area contributed by atoms with Crippen molar-refractivity contribution >= 4 is 28.1 Å². The van der Waals surface area contributed by atoms with Gasteiger partial charge in [-0.15, -0.1) is 11.3 Å². The number of nitrogen functional groups attached to an aromatic ring is 1. The summed E-state index contributed by atoms with van der Waals surface area (Å²) in [4.78, 5) is 10.5. The number of hydrogen-bond donors (Lipinski definition) is 1. The Morgan fingerprint density at radius 3 is 2.95 bits per heavy atom. The first-order chi connectivity index (χ1) is 9.72. The van der Waals surface area contributed by atoms with Gasteiger partial charge < -0.3 is 10.3 Å². The topological polar surface area (TPSA) is 56.7 Å². The summed E-state index contributed by atoms with van der Waals surface area (Å²) in [5, 5.41) is 0. The Morgan fingerprint density at radius 1 is 1.40 bits per heavy atom. The molecule has 1 saturated carbocycles. The predicted octanol–water partition coefficient (Wildman–Crippen LogP) is 3.31. The van der Waals surface area contributed by atoms with E-state index in [4.69, 9.17) is 10.7 Å². The molecule has 0 amide bonds. The molecule has 1 aliphatic carbocycles. The van der Waals surface area contributed by atoms with Gasteiger partial charge in [0.15, 0.2) is 0 Å². The van der Waals surface area contributed by atoms with Crippen LogP contribution in [0.5, 0.6) is 0 Å². The summed E-state index contributed by atoms with van der Waals surface area (Å²) in [5.74, 6) is 1.83. The fourth-order valence-corrected chi connectivity index (χ4v) is 3.37. The van der Waals surface area contributed by atoms with Gasteiger partial charge in [-0.2, -0.15) is 0 Å². The Kier molecular flexibility index (Phi) is 2.57. The minimum atomic E-state index is 0.622. The van der Waals surface area contributed by atoms with Gasteiger partial charge >= 0.3 is 0 Å². The van der Waals surface area contributed by atoms with Crippen molar-refractivity contribution in [2.75, 3.05) is 5.73 Å². The summed E-state index contributed by atoms with van der Waals surface area (Å²) in [7, 11) is 0. The summed E-state index contributed by atoms with van der Waals surface area (Å²) in [5.41, 5.74) is 11.9. The van der Waals surface area contributed by atoms with Gasteiger partial charge in [-0.3, -0.25) is 0 Å². The van der Waals surface area contributed by atoms with Crippen molar-refractivity contribution in [3.8, 4) is 0 Å². The standard InChI is InChI=1S/C15H16N4S/c1-9-14(20-8-17-9)7-19-13-5-4-11(16)6-12(13)18-15(19)10-2-3-10/h4-6,8,10H,2-3,7,16H2,1H3. The van der Waals surface area contributed by atoms with E-state index in [0.29, 0.717) is 5.92 Å². The highest BCUT2D eigenvalue weighted by molar-refractivity contribution is 7.09. The monoisotopic (exact) mass is 284 g/mol. The largest absolute Gasteiger partial charge is 0.399 e. The average Bonchev–Trinajstić information content (AvgIpc) is 3.11. The lowest BCUT2D eigenvalue weighted by Crippen LogP contribution is -2.04. The molecule has 3 aromatic rings. The van der Waals surface area contributed by atoms with Gasteiger partial charge in [0.2, 0.25) is 0 Å². The van der Waals surface area contributed by atoms with Crippen molar-refractivity contribution < 1.29 is 0 Å². The number of thiazole rings is 1. The molecule has 1 fully saturated rings. The zero-order valence-corrected chi connectivity index (χ0v) is 12.2. The molecule has 2 aromatic heterocycles. The van der Waals surface area contributed by atoms with E-state index in [1.807, 2.05) is 17.6 Å². The lowest BCUT2D eigenvalue weighted by molar-refractivity contribution is 0.750. The minimum Gasteiger partial charge on any atom is -0.399 e. The molecule has 4 nitrogen and oxygen atoms in total. The Morgan fingerprint density at radius 2 is 2.25 bits per heavy atom. The van der Waals surface area contributed by atoms with Crippen LogP contribution in [0.4, 0.5) is 5.69 Å². The second-order valence-corrected chi connectivity index (χ2v) is 6.38. The van der Waals surface area contributed by atoms with E-state index in [1.54, 1.807) is 11.3 Å². The number of anilines is 1. The van der Waals surface area contributed by atoms with E-state index in [-0.39, 0.29) is 0 Å². The number of imidazole rings is 1. The van der Waals surface area contributed by atoms with E-state index >= 15 is 0 Å². The molecule has 0 radical (unpaired) electrons. The van der Waals surface area contributed by atoms with Crippen LogP contribution >= 0.6 is 11.3 Å². The zero-order valence-electron chi connectivity index (χ0n) is 11.3. The molecule has 4 rings (SSSR count). The molecule has 0 aliphatic heterocycles. The van der Waals surface area contributed by atoms with Crippen molar-refractivity contribution in [2.24, 2.45) is 0 Å². The van der Waals surface area contributed by atoms with Crippen molar-refractivity contribution in [3.05, 3.63) is 40.1 Å². The van der Waals surface area contributed by atoms with Crippen LogP contribution in [-0.4, -0.2) is 14.5 Å². The van der Waals surface area contributed by atoms with E-state index in [2.05, 4.69) is 22.5 Å². The molecule has 0 saturated heterocycles. The van der Waals surface area contributed by atoms with Crippen LogP contribution in [0.3, 0.4) is 0 Å². The first-order valence-corrected chi connectivity index (χ1v) is 7.75. The van der Waals surface area contributed by atoms with Gasteiger partial charge in [-0.1, -0.05) is 0 Å². The van der Waals surface area contributed by atoms with Crippen LogP contribution in [0.15, 0.2) is 23.7 Å². The highest BCUT2D eigenvalue weighted by Crippen LogP contribution is 2.41. The number of nitrogens with two attached hydrogens (primary N) is 1. The number of fused-ring (bicyclic) bond motifs is 1. The third kappa shape index (κ3) is 1.89. The maximum absolute atomic E-state index is 5.88. The predicted molar refractivity (Wildman–Crippen MR) is 82.1 cm³/mol. The summed E-state index contributed by atoms with van der Waals surface area (Å²) in [6, 6.07) is 6.01. The van der Waals surface area contributed by atoms with E-state index in [0.717, 1.165) is 23.4 Å². The van der Waals surface area contributed by atoms with Crippen molar-refractivity contribution in [1.29, 1.82) is 0 Å². The van der Waals surface area contributed by atoms with Crippen molar-refractivity contribution in [1.82, 2.24) is 14.5 Å². The van der Waals surface area contributed by atoms with Crippen LogP contribution in [0.2, 0.25) is 0 Å². The summed E-state index contributed by atoms with van der Waals surface area (Å²) in [6.45, 7) is 2.93. The van der Waals surface area contributed by atoms with Crippen LogP contribution in [0, 0.1) is 6.92 Å². The Balaban J connectivity index is 1.87. The van der Waals surface area contributed by atoms with Gasteiger partial charge in [0, 0.05) is 16.5 Å². The Hall–Kier alpha value is -1.88. The first-order valence-electron chi connectivity index (χ1n) is 6.87. The maximum atomic E-state index is 5.88. The van der Waals surface area contributed by atoms with Crippen molar-refractivity contribution in [3.63, 3.8) is 0 Å². The molecule has 0 spiro atoms. The van der Waals surface area contributed by atoms with E-state index in [1.165, 1.54) is 29.1 Å². The Labute approximate surface area is 121 Å². The van der Waals surface area contributed by atoms with Gasteiger partial charge in [0.25, 0.3) is 0 Å². The molecule has 1 aromatic carbocycles. The highest BCUT2D eigenvalue weighted by Gasteiger charge is 2.29. The van der Waals surface area contributed by atoms with Crippen LogP contribution in [0.25, 0.3) is 11.0 Å². The molecule has 0 atom stereocenters. The number of aryl methyl sites for hydroxylation is 1. The number of benzene rings is 1. The van der Waals surface area contributed by atoms with Gasteiger partial charge in [-0.25, -0.2) is 9.97 Å². The summed E-state index contributed by atoms with van der Waals surface area (Å²) in [6.07, 6.45) is 2.50. The van der Waals surface area contributed by atoms with Crippen molar-refractivity contribution in [2.45, 2.75) is 32.2 Å². The highest BCUT2D eigenvalue weighted by atomic mass is 32.1. The molecular weight excluding hydrogens is 268 g/mol. The third-order valence-corrected chi connectivity index (χ3v) is 4.81. The second kappa shape index (κ2) is 4.31. The normalized spacial score (nSPS) is 15.1.